The summed E-state index contributed by atoms with van der Waals surface area (Å²) < 4.78 is 6.44. The molecule has 174 valence electrons. The molecule has 1 N–H and O–H groups in total. The highest BCUT2D eigenvalue weighted by Gasteiger charge is 2.42. The van der Waals surface area contributed by atoms with Crippen molar-refractivity contribution in [3.8, 4) is 11.8 Å². The molecule has 0 atom stereocenters. The Morgan fingerprint density at radius 3 is 2.55 bits per heavy atom. The Kier molecular flexibility index (Phi) is 7.95. The molecule has 5 heteroatoms. The lowest BCUT2D eigenvalue weighted by molar-refractivity contribution is -0.128. The summed E-state index contributed by atoms with van der Waals surface area (Å²) in [4.78, 5) is 13.5. The summed E-state index contributed by atoms with van der Waals surface area (Å²) in [5.74, 6) is 1.95. The maximum absolute atomic E-state index is 13.5. The van der Waals surface area contributed by atoms with Gasteiger partial charge in [0.25, 0.3) is 0 Å². The Bertz CT molecular complexity index is 1010. The highest BCUT2D eigenvalue weighted by atomic mass is 127. The summed E-state index contributed by atoms with van der Waals surface area (Å²) in [5, 5.41) is 12.7. The third-order valence-electron chi connectivity index (χ3n) is 7.72. The summed E-state index contributed by atoms with van der Waals surface area (Å²) in [6, 6.07) is 16.4. The molecule has 4 rings (SSSR count). The van der Waals surface area contributed by atoms with Crippen molar-refractivity contribution in [1.82, 2.24) is 0 Å². The first kappa shape index (κ1) is 24.1. The third-order valence-corrected chi connectivity index (χ3v) is 8.39. The van der Waals surface area contributed by atoms with Crippen LogP contribution in [0.15, 0.2) is 42.5 Å². The van der Waals surface area contributed by atoms with Gasteiger partial charge in [-0.15, -0.1) is 0 Å². The Morgan fingerprint density at radius 1 is 1.12 bits per heavy atom. The van der Waals surface area contributed by atoms with E-state index in [4.69, 9.17) is 4.74 Å². The number of nitrogens with zero attached hydrogens (tertiary/aromatic N) is 1. The SMILES string of the molecule is COc1ccc(C2CCC(CC3(C(=O)Nc4cccc(I)c4)CCCCC3)CC2)cc1C#N. The van der Waals surface area contributed by atoms with E-state index in [-0.39, 0.29) is 11.3 Å². The van der Waals surface area contributed by atoms with E-state index in [0.29, 0.717) is 23.1 Å². The van der Waals surface area contributed by atoms with Gasteiger partial charge in [0.05, 0.1) is 12.7 Å². The van der Waals surface area contributed by atoms with Crippen molar-refractivity contribution in [3.63, 3.8) is 0 Å². The Morgan fingerprint density at radius 2 is 1.88 bits per heavy atom. The smallest absolute Gasteiger partial charge is 0.230 e. The van der Waals surface area contributed by atoms with Gasteiger partial charge in [-0.05, 0) is 115 Å². The molecule has 0 spiro atoms. The van der Waals surface area contributed by atoms with Crippen LogP contribution in [-0.4, -0.2) is 13.0 Å². The van der Waals surface area contributed by atoms with Crippen LogP contribution in [0.1, 0.15) is 81.3 Å². The molecule has 2 aromatic carbocycles. The third kappa shape index (κ3) is 5.71. The zero-order chi connectivity index (χ0) is 23.3. The molecule has 2 saturated carbocycles. The van der Waals surface area contributed by atoms with Crippen molar-refractivity contribution in [3.05, 3.63) is 57.2 Å². The van der Waals surface area contributed by atoms with Crippen LogP contribution in [0, 0.1) is 26.2 Å². The molecule has 2 aliphatic carbocycles. The van der Waals surface area contributed by atoms with Crippen molar-refractivity contribution >= 4 is 34.2 Å². The Hall–Kier alpha value is -2.07. The Balaban J connectivity index is 1.41. The van der Waals surface area contributed by atoms with E-state index in [9.17, 15) is 10.1 Å². The van der Waals surface area contributed by atoms with Gasteiger partial charge in [0, 0.05) is 14.7 Å². The molecular weight excluding hydrogens is 523 g/mol. The van der Waals surface area contributed by atoms with Gasteiger partial charge in [0.2, 0.25) is 5.91 Å². The molecule has 1 amide bonds. The number of benzene rings is 2. The number of carbonyl (C=O) groups excluding carboxylic acids is 1. The monoisotopic (exact) mass is 556 g/mol. The molecule has 0 aliphatic heterocycles. The summed E-state index contributed by atoms with van der Waals surface area (Å²) in [7, 11) is 1.61. The van der Waals surface area contributed by atoms with E-state index in [1.165, 1.54) is 12.0 Å². The van der Waals surface area contributed by atoms with Gasteiger partial charge >= 0.3 is 0 Å². The first-order valence-corrected chi connectivity index (χ1v) is 13.3. The second-order valence-electron chi connectivity index (χ2n) is 9.80. The molecule has 33 heavy (non-hydrogen) atoms. The number of amides is 1. The summed E-state index contributed by atoms with van der Waals surface area (Å²) in [6.45, 7) is 0. The number of rotatable bonds is 6. The van der Waals surface area contributed by atoms with Gasteiger partial charge < -0.3 is 10.1 Å². The largest absolute Gasteiger partial charge is 0.495 e. The van der Waals surface area contributed by atoms with Crippen LogP contribution < -0.4 is 10.1 Å². The van der Waals surface area contributed by atoms with E-state index >= 15 is 0 Å². The highest BCUT2D eigenvalue weighted by molar-refractivity contribution is 14.1. The van der Waals surface area contributed by atoms with Gasteiger partial charge in [0.15, 0.2) is 0 Å². The van der Waals surface area contributed by atoms with Crippen molar-refractivity contribution in [2.45, 2.75) is 70.1 Å². The number of methoxy groups -OCH3 is 1. The van der Waals surface area contributed by atoms with Gasteiger partial charge in [-0.3, -0.25) is 4.79 Å². The van der Waals surface area contributed by atoms with Gasteiger partial charge in [-0.25, -0.2) is 0 Å². The molecule has 2 aromatic rings. The van der Waals surface area contributed by atoms with Crippen LogP contribution in [-0.2, 0) is 4.79 Å². The molecule has 2 fully saturated rings. The summed E-state index contributed by atoms with van der Waals surface area (Å²) >= 11 is 2.29. The molecule has 0 aromatic heterocycles. The molecule has 0 unspecified atom stereocenters. The van der Waals surface area contributed by atoms with Crippen LogP contribution in [0.4, 0.5) is 5.69 Å². The average Bonchev–Trinajstić information content (AvgIpc) is 2.84. The number of hydrogen-bond acceptors (Lipinski definition) is 3. The number of carbonyl (C=O) groups is 1. The van der Waals surface area contributed by atoms with Crippen molar-refractivity contribution < 1.29 is 9.53 Å². The molecule has 2 aliphatic rings. The molecule has 0 heterocycles. The minimum atomic E-state index is -0.231. The predicted molar refractivity (Wildman–Crippen MR) is 140 cm³/mol. The second-order valence-corrected chi connectivity index (χ2v) is 11.0. The second kappa shape index (κ2) is 10.9. The quantitative estimate of drug-likeness (QED) is 0.377. The first-order valence-electron chi connectivity index (χ1n) is 12.2. The van der Waals surface area contributed by atoms with E-state index in [1.54, 1.807) is 7.11 Å². The fraction of sp³-hybridized carbons (Fsp3) is 0.500. The number of hydrogen-bond donors (Lipinski definition) is 1. The van der Waals surface area contributed by atoms with E-state index in [1.807, 2.05) is 36.4 Å². The minimum Gasteiger partial charge on any atom is -0.495 e. The maximum atomic E-state index is 13.5. The van der Waals surface area contributed by atoms with Crippen molar-refractivity contribution in [2.24, 2.45) is 11.3 Å². The van der Waals surface area contributed by atoms with E-state index in [0.717, 1.165) is 67.0 Å². The van der Waals surface area contributed by atoms with Gasteiger partial charge in [-0.1, -0.05) is 31.4 Å². The average molecular weight is 556 g/mol. The van der Waals surface area contributed by atoms with Crippen LogP contribution in [0.2, 0.25) is 0 Å². The van der Waals surface area contributed by atoms with E-state index < -0.39 is 0 Å². The predicted octanol–water partition coefficient (Wildman–Crippen LogP) is 7.42. The standard InChI is InChI=1S/C28H33IN2O2/c1-33-26-13-12-22(16-23(26)19-30)21-10-8-20(9-11-21)18-28(14-3-2-4-15-28)27(32)31-25-7-5-6-24(29)17-25/h5-7,12-13,16-17,20-21H,2-4,8-11,14-15,18H2,1H3,(H,31,32). The molecule has 0 saturated heterocycles. The van der Waals surface area contributed by atoms with Crippen LogP contribution >= 0.6 is 22.6 Å². The lowest BCUT2D eigenvalue weighted by Gasteiger charge is -2.40. The van der Waals surface area contributed by atoms with Crippen molar-refractivity contribution in [2.75, 3.05) is 12.4 Å². The number of nitriles is 1. The molecule has 0 bridgehead atoms. The summed E-state index contributed by atoms with van der Waals surface area (Å²) in [6.07, 6.45) is 11.1. The lowest BCUT2D eigenvalue weighted by atomic mass is 9.65. The number of anilines is 1. The summed E-state index contributed by atoms with van der Waals surface area (Å²) in [5.41, 5.74) is 2.54. The van der Waals surface area contributed by atoms with Crippen LogP contribution in [0.25, 0.3) is 0 Å². The number of ether oxygens (including phenoxy) is 1. The zero-order valence-electron chi connectivity index (χ0n) is 19.4. The maximum Gasteiger partial charge on any atom is 0.230 e. The lowest BCUT2D eigenvalue weighted by Crippen LogP contribution is -2.40. The first-order chi connectivity index (χ1) is 16.0. The number of halogens is 1. The molecular formula is C28H33IN2O2. The van der Waals surface area contributed by atoms with Crippen LogP contribution in [0.5, 0.6) is 5.75 Å². The highest BCUT2D eigenvalue weighted by Crippen LogP contribution is 2.47. The normalized spacial score (nSPS) is 22.2. The minimum absolute atomic E-state index is 0.222. The van der Waals surface area contributed by atoms with E-state index in [2.05, 4.69) is 40.0 Å². The van der Waals surface area contributed by atoms with Crippen molar-refractivity contribution in [1.29, 1.82) is 5.26 Å². The number of nitrogens with one attached hydrogen (secondary N) is 1. The van der Waals surface area contributed by atoms with Gasteiger partial charge in [-0.2, -0.15) is 5.26 Å². The van der Waals surface area contributed by atoms with Gasteiger partial charge in [0.1, 0.15) is 11.8 Å². The molecule has 0 radical (unpaired) electrons. The zero-order valence-corrected chi connectivity index (χ0v) is 21.6. The Labute approximate surface area is 211 Å². The topological polar surface area (TPSA) is 62.1 Å². The fourth-order valence-electron chi connectivity index (χ4n) is 5.90. The van der Waals surface area contributed by atoms with Crippen LogP contribution in [0.3, 0.4) is 0 Å². The molecule has 4 nitrogen and oxygen atoms in total. The fourth-order valence-corrected chi connectivity index (χ4v) is 6.44.